The maximum Gasteiger partial charge on any atom is 0.157 e. The van der Waals surface area contributed by atoms with Gasteiger partial charge in [-0.1, -0.05) is 0 Å². The predicted molar refractivity (Wildman–Crippen MR) is 44.7 cm³/mol. The molecule has 0 radical (unpaired) electrons. The van der Waals surface area contributed by atoms with E-state index in [1.165, 1.54) is 6.33 Å². The van der Waals surface area contributed by atoms with E-state index in [-0.39, 0.29) is 0 Å². The summed E-state index contributed by atoms with van der Waals surface area (Å²) in [5.41, 5.74) is 0.742. The zero-order chi connectivity index (χ0) is 9.10. The normalized spacial score (nSPS) is 12.7. The van der Waals surface area contributed by atoms with Crippen molar-refractivity contribution in [1.29, 1.82) is 0 Å². The molecular weight excluding hydrogens is 168 g/mol. The molecule has 0 unspecified atom stereocenters. The van der Waals surface area contributed by atoms with Gasteiger partial charge in [0.2, 0.25) is 0 Å². The number of hydrogen-bond acceptors (Lipinski definition) is 4. The molecule has 5 heteroatoms. The number of aliphatic hydroxyl groups excluding tert-OH is 1. The molecule has 0 aliphatic carbocycles. The molecule has 66 valence electrons. The third-order valence-electron chi connectivity index (χ3n) is 1.71. The number of nitrogens with zero attached hydrogens (tertiary/aromatic N) is 3. The molecule has 5 nitrogen and oxygen atoms in total. The highest BCUT2D eigenvalue weighted by Gasteiger charge is 2.11. The maximum absolute atomic E-state index is 9.72. The van der Waals surface area contributed by atoms with Crippen LogP contribution in [0.1, 0.15) is 17.5 Å². The fourth-order valence-corrected chi connectivity index (χ4v) is 1.05. The number of aromatic nitrogens is 4. The Kier molecular flexibility index (Phi) is 2.01. The Morgan fingerprint density at radius 1 is 1.31 bits per heavy atom. The fraction of sp³-hybridized carbons (Fsp3) is 0.125. The molecule has 13 heavy (non-hydrogen) atoms. The SMILES string of the molecule is O[C@H](c1ccncc1)c1ncn[nH]1. The first kappa shape index (κ1) is 7.88. The summed E-state index contributed by atoms with van der Waals surface area (Å²) in [6.45, 7) is 0. The van der Waals surface area contributed by atoms with Gasteiger partial charge in [0.25, 0.3) is 0 Å². The average molecular weight is 176 g/mol. The fourth-order valence-electron chi connectivity index (χ4n) is 1.05. The molecule has 0 saturated carbocycles. The van der Waals surface area contributed by atoms with Gasteiger partial charge in [-0.15, -0.1) is 0 Å². The van der Waals surface area contributed by atoms with Gasteiger partial charge in [0.15, 0.2) is 5.82 Å². The molecule has 1 atom stereocenters. The van der Waals surface area contributed by atoms with Crippen LogP contribution in [0.25, 0.3) is 0 Å². The highest BCUT2D eigenvalue weighted by atomic mass is 16.3. The van der Waals surface area contributed by atoms with Crippen molar-refractivity contribution in [2.24, 2.45) is 0 Å². The minimum absolute atomic E-state index is 0.436. The van der Waals surface area contributed by atoms with Crippen LogP contribution in [-0.2, 0) is 0 Å². The molecule has 0 bridgehead atoms. The van der Waals surface area contributed by atoms with E-state index in [0.29, 0.717) is 5.82 Å². The topological polar surface area (TPSA) is 74.7 Å². The van der Waals surface area contributed by atoms with Crippen molar-refractivity contribution in [3.8, 4) is 0 Å². The summed E-state index contributed by atoms with van der Waals surface area (Å²) in [7, 11) is 0. The molecule has 0 amide bonds. The van der Waals surface area contributed by atoms with Gasteiger partial charge in [-0.25, -0.2) is 4.98 Å². The number of nitrogens with one attached hydrogen (secondary N) is 1. The molecule has 0 spiro atoms. The number of pyridine rings is 1. The van der Waals surface area contributed by atoms with E-state index in [1.807, 2.05) is 0 Å². The Bertz CT molecular complexity index is 359. The minimum atomic E-state index is -0.759. The van der Waals surface area contributed by atoms with Crippen molar-refractivity contribution in [1.82, 2.24) is 20.2 Å². The molecule has 0 aromatic carbocycles. The van der Waals surface area contributed by atoms with Crippen LogP contribution < -0.4 is 0 Å². The van der Waals surface area contributed by atoms with Crippen LogP contribution in [0.3, 0.4) is 0 Å². The lowest BCUT2D eigenvalue weighted by Crippen LogP contribution is -2.01. The molecule has 0 saturated heterocycles. The van der Waals surface area contributed by atoms with Gasteiger partial charge < -0.3 is 5.11 Å². The molecule has 0 fully saturated rings. The Morgan fingerprint density at radius 3 is 2.69 bits per heavy atom. The van der Waals surface area contributed by atoms with Crippen LogP contribution in [0.5, 0.6) is 0 Å². The summed E-state index contributed by atoms with van der Waals surface area (Å²) < 4.78 is 0. The summed E-state index contributed by atoms with van der Waals surface area (Å²) >= 11 is 0. The first-order valence-corrected chi connectivity index (χ1v) is 3.81. The smallest absolute Gasteiger partial charge is 0.157 e. The molecule has 0 aliphatic heterocycles. The largest absolute Gasteiger partial charge is 0.380 e. The van der Waals surface area contributed by atoms with Crippen molar-refractivity contribution >= 4 is 0 Å². The third-order valence-corrected chi connectivity index (χ3v) is 1.71. The first-order valence-electron chi connectivity index (χ1n) is 3.81. The van der Waals surface area contributed by atoms with E-state index in [9.17, 15) is 5.11 Å². The number of aliphatic hydroxyl groups is 1. The van der Waals surface area contributed by atoms with Crippen LogP contribution >= 0.6 is 0 Å². The van der Waals surface area contributed by atoms with Crippen molar-refractivity contribution < 1.29 is 5.11 Å². The minimum Gasteiger partial charge on any atom is -0.380 e. The second kappa shape index (κ2) is 3.32. The molecule has 0 aliphatic rings. The Morgan fingerprint density at radius 2 is 2.08 bits per heavy atom. The molecule has 2 aromatic rings. The molecule has 2 rings (SSSR count). The van der Waals surface area contributed by atoms with E-state index in [0.717, 1.165) is 5.56 Å². The van der Waals surface area contributed by atoms with Crippen LogP contribution in [-0.4, -0.2) is 25.3 Å². The molecule has 2 N–H and O–H groups in total. The number of aromatic amines is 1. The summed E-state index contributed by atoms with van der Waals surface area (Å²) in [6.07, 6.45) is 3.84. The second-order valence-electron chi connectivity index (χ2n) is 2.55. The molecule has 2 aromatic heterocycles. The lowest BCUT2D eigenvalue weighted by atomic mass is 10.1. The van der Waals surface area contributed by atoms with Gasteiger partial charge in [0, 0.05) is 12.4 Å². The summed E-state index contributed by atoms with van der Waals surface area (Å²) in [4.78, 5) is 7.71. The van der Waals surface area contributed by atoms with E-state index >= 15 is 0 Å². The highest BCUT2D eigenvalue weighted by molar-refractivity contribution is 5.18. The van der Waals surface area contributed by atoms with Gasteiger partial charge >= 0.3 is 0 Å². The average Bonchev–Trinajstić information content (AvgIpc) is 2.71. The lowest BCUT2D eigenvalue weighted by Gasteiger charge is -2.05. The second-order valence-corrected chi connectivity index (χ2v) is 2.55. The van der Waals surface area contributed by atoms with Crippen molar-refractivity contribution in [2.45, 2.75) is 6.10 Å². The van der Waals surface area contributed by atoms with Crippen LogP contribution in [0.15, 0.2) is 30.9 Å². The van der Waals surface area contributed by atoms with Gasteiger partial charge in [-0.2, -0.15) is 5.10 Å². The Hall–Kier alpha value is -1.75. The van der Waals surface area contributed by atoms with Crippen molar-refractivity contribution in [3.05, 3.63) is 42.2 Å². The maximum atomic E-state index is 9.72. The van der Waals surface area contributed by atoms with Gasteiger partial charge in [0.05, 0.1) is 0 Å². The number of H-pyrrole nitrogens is 1. The van der Waals surface area contributed by atoms with Crippen molar-refractivity contribution in [2.75, 3.05) is 0 Å². The van der Waals surface area contributed by atoms with Crippen LogP contribution in [0, 0.1) is 0 Å². The van der Waals surface area contributed by atoms with Gasteiger partial charge in [-0.3, -0.25) is 10.1 Å². The van der Waals surface area contributed by atoms with E-state index in [2.05, 4.69) is 20.2 Å². The quantitative estimate of drug-likeness (QED) is 0.689. The third kappa shape index (κ3) is 1.54. The van der Waals surface area contributed by atoms with Gasteiger partial charge in [0.1, 0.15) is 12.4 Å². The zero-order valence-electron chi connectivity index (χ0n) is 6.75. The summed E-state index contributed by atoms with van der Waals surface area (Å²) in [5, 5.41) is 16.0. The Labute approximate surface area is 74.5 Å². The summed E-state index contributed by atoms with van der Waals surface area (Å²) in [6, 6.07) is 3.46. The van der Waals surface area contributed by atoms with Gasteiger partial charge in [-0.05, 0) is 17.7 Å². The van der Waals surface area contributed by atoms with Crippen LogP contribution in [0.2, 0.25) is 0 Å². The Balaban J connectivity index is 2.29. The van der Waals surface area contributed by atoms with Crippen molar-refractivity contribution in [3.63, 3.8) is 0 Å². The van der Waals surface area contributed by atoms with E-state index < -0.39 is 6.10 Å². The van der Waals surface area contributed by atoms with E-state index in [1.54, 1.807) is 24.5 Å². The predicted octanol–water partition coefficient (Wildman–Crippen LogP) is 0.281. The van der Waals surface area contributed by atoms with Crippen LogP contribution in [0.4, 0.5) is 0 Å². The summed E-state index contributed by atoms with van der Waals surface area (Å²) in [5.74, 6) is 0.436. The molecular formula is C8H8N4O. The standard InChI is InChI=1S/C8H8N4O/c13-7(8-10-5-11-12-8)6-1-3-9-4-2-6/h1-5,7,13H,(H,10,11,12)/t7-/m1/s1. The number of hydrogen-bond donors (Lipinski definition) is 2. The number of rotatable bonds is 2. The van der Waals surface area contributed by atoms with E-state index in [4.69, 9.17) is 0 Å². The highest BCUT2D eigenvalue weighted by Crippen LogP contribution is 2.16. The first-order chi connectivity index (χ1) is 6.38. The monoisotopic (exact) mass is 176 g/mol. The zero-order valence-corrected chi connectivity index (χ0v) is 6.75. The lowest BCUT2D eigenvalue weighted by molar-refractivity contribution is 0.210. The molecule has 2 heterocycles.